The Morgan fingerprint density at radius 3 is 2.11 bits per heavy atom. The van der Waals surface area contributed by atoms with Crippen LogP contribution in [0.15, 0.2) is 77.8 Å². The van der Waals surface area contributed by atoms with Gasteiger partial charge in [0.15, 0.2) is 0 Å². The van der Waals surface area contributed by atoms with Gasteiger partial charge in [-0.2, -0.15) is 4.31 Å². The summed E-state index contributed by atoms with van der Waals surface area (Å²) in [6.45, 7) is 4.13. The number of hydrogen-bond donors (Lipinski definition) is 1. The number of anilines is 2. The van der Waals surface area contributed by atoms with Crippen LogP contribution in [-0.2, 0) is 16.4 Å². The molecule has 184 valence electrons. The van der Waals surface area contributed by atoms with E-state index in [2.05, 4.69) is 39.0 Å². The molecule has 0 aliphatic carbocycles. The Bertz CT molecular complexity index is 1220. The van der Waals surface area contributed by atoms with Gasteiger partial charge in [-0.25, -0.2) is 13.4 Å². The number of sulfonamides is 1. The molecule has 3 heterocycles. The van der Waals surface area contributed by atoms with Crippen molar-refractivity contribution in [3.05, 3.63) is 78.5 Å². The molecule has 2 saturated heterocycles. The second-order valence-corrected chi connectivity index (χ2v) is 11.3. The van der Waals surface area contributed by atoms with Gasteiger partial charge in [0, 0.05) is 45.5 Å². The number of pyridine rings is 1. The quantitative estimate of drug-likeness (QED) is 0.565. The molecule has 0 atom stereocenters. The first-order valence-electron chi connectivity index (χ1n) is 12.3. The first kappa shape index (κ1) is 23.6. The highest BCUT2D eigenvalue weighted by Gasteiger charge is 2.30. The Hall–Kier alpha value is -3.10. The minimum absolute atomic E-state index is 0.260. The van der Waals surface area contributed by atoms with Crippen LogP contribution in [0, 0.1) is 5.92 Å². The van der Waals surface area contributed by atoms with Crippen LogP contribution in [-0.4, -0.2) is 62.1 Å². The number of piperazine rings is 1. The van der Waals surface area contributed by atoms with E-state index in [-0.39, 0.29) is 10.6 Å². The summed E-state index contributed by atoms with van der Waals surface area (Å²) in [5, 5.41) is 10.1. The SMILES string of the molecule is O=S(=O)(c1ccc(N2CCN(c3ccccc3O)CC2)nc1)N1CCC(Cc2ccccc2)CC1. The lowest BCUT2D eigenvalue weighted by atomic mass is 9.91. The lowest BCUT2D eigenvalue weighted by Crippen LogP contribution is -2.46. The van der Waals surface area contributed by atoms with Crippen LogP contribution >= 0.6 is 0 Å². The van der Waals surface area contributed by atoms with Crippen LogP contribution in [0.1, 0.15) is 18.4 Å². The largest absolute Gasteiger partial charge is 0.506 e. The number of benzene rings is 2. The van der Waals surface area contributed by atoms with Crippen molar-refractivity contribution in [2.45, 2.75) is 24.2 Å². The molecule has 1 N–H and O–H groups in total. The van der Waals surface area contributed by atoms with Crippen molar-refractivity contribution in [2.24, 2.45) is 5.92 Å². The van der Waals surface area contributed by atoms with E-state index >= 15 is 0 Å². The number of piperidine rings is 1. The lowest BCUT2D eigenvalue weighted by molar-refractivity contribution is 0.273. The lowest BCUT2D eigenvalue weighted by Gasteiger charge is -2.37. The predicted octanol–water partition coefficient (Wildman–Crippen LogP) is 3.76. The molecule has 0 radical (unpaired) electrons. The van der Waals surface area contributed by atoms with Crippen molar-refractivity contribution in [1.82, 2.24) is 9.29 Å². The number of para-hydroxylation sites is 2. The molecule has 0 unspecified atom stereocenters. The molecule has 0 spiro atoms. The van der Waals surface area contributed by atoms with Crippen LogP contribution in [0.4, 0.5) is 11.5 Å². The Kier molecular flexibility index (Phi) is 6.92. The van der Waals surface area contributed by atoms with E-state index in [1.165, 1.54) is 11.8 Å². The average molecular weight is 493 g/mol. The van der Waals surface area contributed by atoms with Gasteiger partial charge in [0.05, 0.1) is 5.69 Å². The molecule has 3 aromatic rings. The van der Waals surface area contributed by atoms with E-state index < -0.39 is 10.0 Å². The van der Waals surface area contributed by atoms with Gasteiger partial charge in [-0.3, -0.25) is 0 Å². The molecule has 2 aliphatic heterocycles. The van der Waals surface area contributed by atoms with E-state index in [1.54, 1.807) is 16.4 Å². The topological polar surface area (TPSA) is 77.0 Å². The zero-order chi connectivity index (χ0) is 24.3. The summed E-state index contributed by atoms with van der Waals surface area (Å²) in [4.78, 5) is 9.08. The highest BCUT2D eigenvalue weighted by atomic mass is 32.2. The number of aromatic nitrogens is 1. The van der Waals surface area contributed by atoms with Crippen molar-refractivity contribution in [2.75, 3.05) is 49.1 Å². The minimum Gasteiger partial charge on any atom is -0.506 e. The van der Waals surface area contributed by atoms with Crippen LogP contribution in [0.25, 0.3) is 0 Å². The molecule has 7 nitrogen and oxygen atoms in total. The van der Waals surface area contributed by atoms with Crippen LogP contribution in [0.5, 0.6) is 5.75 Å². The minimum atomic E-state index is -3.54. The van der Waals surface area contributed by atoms with E-state index in [4.69, 9.17) is 0 Å². The first-order valence-corrected chi connectivity index (χ1v) is 13.7. The van der Waals surface area contributed by atoms with Crippen molar-refractivity contribution in [1.29, 1.82) is 0 Å². The number of rotatable bonds is 6. The third-order valence-corrected chi connectivity index (χ3v) is 9.01. The maximum atomic E-state index is 13.2. The van der Waals surface area contributed by atoms with Crippen molar-refractivity contribution in [3.8, 4) is 5.75 Å². The fraction of sp³-hybridized carbons (Fsp3) is 0.370. The summed E-state index contributed by atoms with van der Waals surface area (Å²) in [6.07, 6.45) is 4.25. The van der Waals surface area contributed by atoms with E-state index in [0.29, 0.717) is 19.0 Å². The van der Waals surface area contributed by atoms with Crippen molar-refractivity contribution >= 4 is 21.5 Å². The highest BCUT2D eigenvalue weighted by Crippen LogP contribution is 2.29. The third kappa shape index (κ3) is 5.28. The maximum Gasteiger partial charge on any atom is 0.244 e. The summed E-state index contributed by atoms with van der Waals surface area (Å²) in [7, 11) is -3.54. The summed E-state index contributed by atoms with van der Waals surface area (Å²) < 4.78 is 28.0. The number of nitrogens with zero attached hydrogens (tertiary/aromatic N) is 4. The second-order valence-electron chi connectivity index (χ2n) is 9.35. The van der Waals surface area contributed by atoms with E-state index in [9.17, 15) is 13.5 Å². The van der Waals surface area contributed by atoms with Crippen LogP contribution in [0.2, 0.25) is 0 Å². The fourth-order valence-corrected chi connectivity index (χ4v) is 6.49. The molecule has 0 saturated carbocycles. The maximum absolute atomic E-state index is 13.2. The summed E-state index contributed by atoms with van der Waals surface area (Å²) >= 11 is 0. The number of phenols is 1. The van der Waals surface area contributed by atoms with Gasteiger partial charge in [0.25, 0.3) is 0 Å². The van der Waals surface area contributed by atoms with Gasteiger partial charge in [-0.1, -0.05) is 42.5 Å². The smallest absolute Gasteiger partial charge is 0.244 e. The molecule has 0 bridgehead atoms. The number of hydrogen-bond acceptors (Lipinski definition) is 6. The summed E-state index contributed by atoms with van der Waals surface area (Å²) in [5.74, 6) is 1.58. The van der Waals surface area contributed by atoms with Gasteiger partial charge < -0.3 is 14.9 Å². The molecular formula is C27H32N4O3S. The van der Waals surface area contributed by atoms with Crippen LogP contribution < -0.4 is 9.80 Å². The normalized spacial score (nSPS) is 18.1. The summed E-state index contributed by atoms with van der Waals surface area (Å²) in [6, 6.07) is 21.3. The Morgan fingerprint density at radius 2 is 1.46 bits per heavy atom. The Balaban J connectivity index is 1.17. The molecule has 0 amide bonds. The van der Waals surface area contributed by atoms with Gasteiger partial charge >= 0.3 is 0 Å². The van der Waals surface area contributed by atoms with Gasteiger partial charge in [0.2, 0.25) is 10.0 Å². The summed E-state index contributed by atoms with van der Waals surface area (Å²) in [5.41, 5.74) is 2.16. The molecule has 35 heavy (non-hydrogen) atoms. The van der Waals surface area contributed by atoms with E-state index in [0.717, 1.165) is 56.9 Å². The second kappa shape index (κ2) is 10.3. The zero-order valence-corrected chi connectivity index (χ0v) is 20.6. The van der Waals surface area contributed by atoms with Crippen molar-refractivity contribution in [3.63, 3.8) is 0 Å². The van der Waals surface area contributed by atoms with Crippen LogP contribution in [0.3, 0.4) is 0 Å². The molecule has 8 heteroatoms. The standard InChI is InChI=1S/C27H32N4O3S/c32-26-9-5-4-8-25(26)29-16-18-30(19-17-29)27-11-10-24(21-28-27)35(33,34)31-14-12-23(13-15-31)20-22-6-2-1-3-7-22/h1-11,21,23,32H,12-20H2. The molecular weight excluding hydrogens is 460 g/mol. The molecule has 2 aromatic carbocycles. The highest BCUT2D eigenvalue weighted by molar-refractivity contribution is 7.89. The first-order chi connectivity index (χ1) is 17.0. The zero-order valence-electron chi connectivity index (χ0n) is 19.8. The number of phenolic OH excluding ortho intramolecular Hbond substituents is 1. The fourth-order valence-electron chi connectivity index (χ4n) is 5.07. The number of aromatic hydroxyl groups is 1. The third-order valence-electron chi connectivity index (χ3n) is 7.13. The molecule has 1 aromatic heterocycles. The predicted molar refractivity (Wildman–Crippen MR) is 138 cm³/mol. The van der Waals surface area contributed by atoms with E-state index in [1.807, 2.05) is 30.3 Å². The molecule has 2 fully saturated rings. The average Bonchev–Trinajstić information content (AvgIpc) is 2.90. The Morgan fingerprint density at radius 1 is 0.800 bits per heavy atom. The van der Waals surface area contributed by atoms with Crippen molar-refractivity contribution < 1.29 is 13.5 Å². The van der Waals surface area contributed by atoms with Gasteiger partial charge in [-0.05, 0) is 55.0 Å². The monoisotopic (exact) mass is 492 g/mol. The van der Waals surface area contributed by atoms with Gasteiger partial charge in [0.1, 0.15) is 16.5 Å². The molecule has 5 rings (SSSR count). The molecule has 2 aliphatic rings. The Labute approximate surface area is 207 Å². The van der Waals surface area contributed by atoms with Gasteiger partial charge in [-0.15, -0.1) is 0 Å².